The van der Waals surface area contributed by atoms with Gasteiger partial charge in [-0.1, -0.05) is 19.1 Å². The van der Waals surface area contributed by atoms with E-state index in [2.05, 4.69) is 28.9 Å². The minimum Gasteiger partial charge on any atom is -0.301 e. The fraction of sp³-hybridized carbons (Fsp3) is 0.857. The summed E-state index contributed by atoms with van der Waals surface area (Å²) in [5.74, 6) is 2.84. The van der Waals surface area contributed by atoms with Gasteiger partial charge >= 0.3 is 0 Å². The van der Waals surface area contributed by atoms with Gasteiger partial charge in [0.2, 0.25) is 0 Å². The number of likely N-dealkylation sites (N-methyl/N-ethyl adjacent to an activating group) is 1. The van der Waals surface area contributed by atoms with Crippen LogP contribution in [0.15, 0.2) is 12.2 Å². The van der Waals surface area contributed by atoms with Crippen molar-refractivity contribution in [1.82, 2.24) is 9.80 Å². The van der Waals surface area contributed by atoms with Crippen LogP contribution in [-0.4, -0.2) is 49.1 Å². The van der Waals surface area contributed by atoms with Crippen LogP contribution in [0.3, 0.4) is 0 Å². The first kappa shape index (κ1) is 10.8. The largest absolute Gasteiger partial charge is 0.301 e. The Bertz CT molecular complexity index is 266. The maximum atomic E-state index is 2.70. The van der Waals surface area contributed by atoms with E-state index in [-0.39, 0.29) is 0 Å². The van der Waals surface area contributed by atoms with Crippen molar-refractivity contribution >= 4 is 0 Å². The van der Waals surface area contributed by atoms with Gasteiger partial charge in [0.1, 0.15) is 0 Å². The minimum atomic E-state index is 0.925. The molecule has 0 N–H and O–H groups in total. The quantitative estimate of drug-likeness (QED) is 0.670. The van der Waals surface area contributed by atoms with Crippen molar-refractivity contribution in [2.24, 2.45) is 17.8 Å². The first-order valence-electron chi connectivity index (χ1n) is 6.98. The van der Waals surface area contributed by atoms with E-state index in [4.69, 9.17) is 0 Å². The number of hydrogen-bond acceptors (Lipinski definition) is 2. The average molecular weight is 220 g/mol. The fourth-order valence-electron chi connectivity index (χ4n) is 3.72. The van der Waals surface area contributed by atoms with E-state index in [0.29, 0.717) is 0 Å². The molecule has 2 heteroatoms. The van der Waals surface area contributed by atoms with Crippen LogP contribution >= 0.6 is 0 Å². The monoisotopic (exact) mass is 220 g/mol. The van der Waals surface area contributed by atoms with E-state index in [9.17, 15) is 0 Å². The number of fused-ring (bicyclic) bond motifs is 2. The Labute approximate surface area is 99.3 Å². The third kappa shape index (κ3) is 2.05. The Hall–Kier alpha value is -0.340. The lowest BCUT2D eigenvalue weighted by molar-refractivity contribution is 0.117. The molecule has 0 radical (unpaired) electrons. The van der Waals surface area contributed by atoms with Crippen molar-refractivity contribution in [3.63, 3.8) is 0 Å². The second-order valence-corrected chi connectivity index (χ2v) is 5.78. The molecule has 16 heavy (non-hydrogen) atoms. The van der Waals surface area contributed by atoms with E-state index >= 15 is 0 Å². The maximum Gasteiger partial charge on any atom is 0.0110 e. The van der Waals surface area contributed by atoms with Crippen LogP contribution in [0.1, 0.15) is 19.8 Å². The molecule has 0 aromatic carbocycles. The van der Waals surface area contributed by atoms with Gasteiger partial charge in [0, 0.05) is 32.7 Å². The van der Waals surface area contributed by atoms with Crippen LogP contribution in [0.4, 0.5) is 0 Å². The zero-order valence-corrected chi connectivity index (χ0v) is 10.4. The van der Waals surface area contributed by atoms with Crippen molar-refractivity contribution in [2.45, 2.75) is 19.8 Å². The van der Waals surface area contributed by atoms with Crippen LogP contribution in [0.2, 0.25) is 0 Å². The third-order valence-corrected chi connectivity index (χ3v) is 4.82. The molecule has 2 bridgehead atoms. The van der Waals surface area contributed by atoms with Crippen LogP contribution < -0.4 is 0 Å². The molecular formula is C14H24N2. The smallest absolute Gasteiger partial charge is 0.0110 e. The van der Waals surface area contributed by atoms with Gasteiger partial charge in [0.15, 0.2) is 0 Å². The van der Waals surface area contributed by atoms with Gasteiger partial charge in [-0.05, 0) is 37.1 Å². The lowest BCUT2D eigenvalue weighted by atomic mass is 9.93. The van der Waals surface area contributed by atoms with Crippen LogP contribution in [-0.2, 0) is 0 Å². The lowest BCUT2D eigenvalue weighted by Crippen LogP contribution is -2.47. The van der Waals surface area contributed by atoms with Gasteiger partial charge in [0.05, 0.1) is 0 Å². The van der Waals surface area contributed by atoms with E-state index in [1.165, 1.54) is 52.1 Å². The molecule has 1 heterocycles. The molecule has 1 aliphatic heterocycles. The highest BCUT2D eigenvalue weighted by atomic mass is 15.3. The molecule has 3 rings (SSSR count). The lowest BCUT2D eigenvalue weighted by Gasteiger charge is -2.36. The molecule has 90 valence electrons. The summed E-state index contributed by atoms with van der Waals surface area (Å²) in [4.78, 5) is 5.27. The van der Waals surface area contributed by atoms with Gasteiger partial charge in [-0.15, -0.1) is 0 Å². The normalized spacial score (nSPS) is 39.7. The summed E-state index contributed by atoms with van der Waals surface area (Å²) in [6.45, 7) is 10.0. The molecule has 3 aliphatic rings. The van der Waals surface area contributed by atoms with Gasteiger partial charge < -0.3 is 9.80 Å². The van der Waals surface area contributed by atoms with Gasteiger partial charge in [-0.25, -0.2) is 0 Å². The van der Waals surface area contributed by atoms with Gasteiger partial charge in [-0.3, -0.25) is 0 Å². The molecule has 1 saturated heterocycles. The Kier molecular flexibility index (Phi) is 3.03. The second kappa shape index (κ2) is 4.50. The number of rotatable bonds is 3. The number of hydrogen-bond donors (Lipinski definition) is 0. The number of nitrogens with zero attached hydrogens (tertiary/aromatic N) is 2. The summed E-state index contributed by atoms with van der Waals surface area (Å²) < 4.78 is 0. The predicted molar refractivity (Wildman–Crippen MR) is 67.4 cm³/mol. The first-order chi connectivity index (χ1) is 7.85. The summed E-state index contributed by atoms with van der Waals surface area (Å²) in [7, 11) is 0. The predicted octanol–water partition coefficient (Wildman–Crippen LogP) is 1.84. The van der Waals surface area contributed by atoms with Crippen LogP contribution in [0, 0.1) is 17.8 Å². The summed E-state index contributed by atoms with van der Waals surface area (Å²) >= 11 is 0. The summed E-state index contributed by atoms with van der Waals surface area (Å²) in [5, 5.41) is 0. The average Bonchev–Trinajstić information content (AvgIpc) is 2.92. The van der Waals surface area contributed by atoms with E-state index < -0.39 is 0 Å². The molecule has 2 nitrogen and oxygen atoms in total. The van der Waals surface area contributed by atoms with E-state index in [1.807, 2.05) is 0 Å². The third-order valence-electron chi connectivity index (χ3n) is 4.82. The molecule has 3 atom stereocenters. The molecule has 2 aliphatic carbocycles. The number of piperazine rings is 1. The topological polar surface area (TPSA) is 6.48 Å². The molecule has 0 unspecified atom stereocenters. The SMILES string of the molecule is CCN1CCN(C[C@H]2C[C@H]3C=C[C@H]2C3)CC1. The highest BCUT2D eigenvalue weighted by molar-refractivity contribution is 5.10. The van der Waals surface area contributed by atoms with E-state index in [1.54, 1.807) is 0 Å². The molecule has 0 aromatic heterocycles. The molecular weight excluding hydrogens is 196 g/mol. The minimum absolute atomic E-state index is 0.925. The van der Waals surface area contributed by atoms with Crippen molar-refractivity contribution in [1.29, 1.82) is 0 Å². The number of allylic oxidation sites excluding steroid dienone is 2. The van der Waals surface area contributed by atoms with Crippen molar-refractivity contribution in [3.05, 3.63) is 12.2 Å². The molecule has 0 aromatic rings. The maximum absolute atomic E-state index is 2.70. The van der Waals surface area contributed by atoms with E-state index in [0.717, 1.165) is 17.8 Å². The highest BCUT2D eigenvalue weighted by Crippen LogP contribution is 2.43. The van der Waals surface area contributed by atoms with Crippen LogP contribution in [0.5, 0.6) is 0 Å². The standard InChI is InChI=1S/C14H24N2/c1-2-15-5-7-16(8-6-15)11-14-10-12-3-4-13(14)9-12/h3-4,12-14H,2,5-11H2,1H3/t12-,13-,14+/m0/s1. The zero-order valence-electron chi connectivity index (χ0n) is 10.4. The summed E-state index contributed by atoms with van der Waals surface area (Å²) in [5.41, 5.74) is 0. The fourth-order valence-corrected chi connectivity index (χ4v) is 3.72. The van der Waals surface area contributed by atoms with Crippen molar-refractivity contribution in [2.75, 3.05) is 39.3 Å². The second-order valence-electron chi connectivity index (χ2n) is 5.78. The molecule has 1 saturated carbocycles. The van der Waals surface area contributed by atoms with Gasteiger partial charge in [0.25, 0.3) is 0 Å². The Morgan fingerprint density at radius 1 is 1.00 bits per heavy atom. The van der Waals surface area contributed by atoms with Crippen LogP contribution in [0.25, 0.3) is 0 Å². The Morgan fingerprint density at radius 3 is 2.31 bits per heavy atom. The van der Waals surface area contributed by atoms with Crippen molar-refractivity contribution in [3.8, 4) is 0 Å². The Balaban J connectivity index is 1.48. The molecule has 0 amide bonds. The summed E-state index contributed by atoms with van der Waals surface area (Å²) in [6.07, 6.45) is 7.87. The zero-order chi connectivity index (χ0) is 11.0. The molecule has 2 fully saturated rings. The van der Waals surface area contributed by atoms with Gasteiger partial charge in [-0.2, -0.15) is 0 Å². The summed E-state index contributed by atoms with van der Waals surface area (Å²) in [6, 6.07) is 0. The Morgan fingerprint density at radius 2 is 1.75 bits per heavy atom. The first-order valence-corrected chi connectivity index (χ1v) is 6.98. The highest BCUT2D eigenvalue weighted by Gasteiger charge is 2.36. The van der Waals surface area contributed by atoms with Crippen molar-refractivity contribution < 1.29 is 0 Å². The molecule has 0 spiro atoms.